The largest absolute Gasteiger partial charge is 0.497 e. The molecule has 0 aliphatic heterocycles. The third-order valence-corrected chi connectivity index (χ3v) is 2.37. The van der Waals surface area contributed by atoms with Crippen LogP contribution in [0.15, 0.2) is 29.4 Å². The number of ether oxygens (including phenoxy) is 1. The van der Waals surface area contributed by atoms with E-state index in [4.69, 9.17) is 16.2 Å². The summed E-state index contributed by atoms with van der Waals surface area (Å²) in [6.45, 7) is 0. The van der Waals surface area contributed by atoms with Crippen molar-refractivity contribution in [2.75, 3.05) is 23.9 Å². The summed E-state index contributed by atoms with van der Waals surface area (Å²) >= 11 is 0. The number of nitrogens with zero attached hydrogens (tertiary/aromatic N) is 3. The molecule has 0 amide bonds. The van der Waals surface area contributed by atoms with Crippen LogP contribution < -0.4 is 21.5 Å². The Hall–Kier alpha value is -2.90. The van der Waals surface area contributed by atoms with Gasteiger partial charge in [0.1, 0.15) is 5.75 Å². The van der Waals surface area contributed by atoms with Crippen molar-refractivity contribution < 1.29 is 4.74 Å². The normalized spacial score (nSPS) is 9.95. The van der Waals surface area contributed by atoms with Gasteiger partial charge in [-0.3, -0.25) is 0 Å². The van der Waals surface area contributed by atoms with E-state index in [1.165, 1.54) is 0 Å². The minimum atomic E-state index is -0.0787. The molecule has 19 heavy (non-hydrogen) atoms. The molecule has 8 heteroatoms. The van der Waals surface area contributed by atoms with Crippen LogP contribution in [0.1, 0.15) is 0 Å². The molecule has 8 nitrogen and oxygen atoms in total. The second-order valence-corrected chi connectivity index (χ2v) is 3.61. The van der Waals surface area contributed by atoms with Gasteiger partial charge in [0, 0.05) is 5.69 Å². The van der Waals surface area contributed by atoms with Crippen LogP contribution in [0, 0.1) is 4.91 Å². The summed E-state index contributed by atoms with van der Waals surface area (Å²) in [5.41, 5.74) is 11.6. The van der Waals surface area contributed by atoms with E-state index in [1.807, 2.05) is 0 Å². The van der Waals surface area contributed by atoms with Gasteiger partial charge in [-0.05, 0) is 29.4 Å². The van der Waals surface area contributed by atoms with Crippen molar-refractivity contribution in [1.82, 2.24) is 9.97 Å². The highest BCUT2D eigenvalue weighted by molar-refractivity contribution is 5.77. The Morgan fingerprint density at radius 2 is 1.89 bits per heavy atom. The van der Waals surface area contributed by atoms with E-state index in [0.717, 1.165) is 0 Å². The molecule has 0 saturated carbocycles. The molecule has 2 aromatic rings. The van der Waals surface area contributed by atoms with E-state index in [9.17, 15) is 4.91 Å². The number of rotatable bonds is 4. The van der Waals surface area contributed by atoms with Crippen molar-refractivity contribution in [3.63, 3.8) is 0 Å². The van der Waals surface area contributed by atoms with E-state index >= 15 is 0 Å². The molecule has 0 bridgehead atoms. The summed E-state index contributed by atoms with van der Waals surface area (Å²) in [6, 6.07) is 7.01. The molecule has 0 radical (unpaired) electrons. The second kappa shape index (κ2) is 5.17. The third-order valence-electron chi connectivity index (χ3n) is 2.37. The molecule has 1 heterocycles. The molecule has 0 aliphatic carbocycles. The number of benzene rings is 1. The van der Waals surface area contributed by atoms with Crippen molar-refractivity contribution >= 4 is 29.0 Å². The molecule has 0 spiro atoms. The molecule has 98 valence electrons. The van der Waals surface area contributed by atoms with Crippen molar-refractivity contribution in [3.8, 4) is 5.75 Å². The summed E-state index contributed by atoms with van der Waals surface area (Å²) < 4.78 is 5.04. The van der Waals surface area contributed by atoms with Gasteiger partial charge in [-0.25, -0.2) is 0 Å². The van der Waals surface area contributed by atoms with Crippen LogP contribution in [0.5, 0.6) is 5.75 Å². The first-order valence-corrected chi connectivity index (χ1v) is 5.31. The minimum absolute atomic E-state index is 0.0408. The predicted octanol–water partition coefficient (Wildman–Crippen LogP) is 1.79. The fraction of sp³-hybridized carbons (Fsp3) is 0.0909. The zero-order valence-electron chi connectivity index (χ0n) is 10.1. The Balaban J connectivity index is 2.34. The molecule has 1 aromatic carbocycles. The van der Waals surface area contributed by atoms with Crippen LogP contribution in [0.3, 0.4) is 0 Å². The Kier molecular flexibility index (Phi) is 3.42. The summed E-state index contributed by atoms with van der Waals surface area (Å²) in [6.07, 6.45) is 0. The number of nitrogens with one attached hydrogen (secondary N) is 1. The topological polar surface area (TPSA) is 129 Å². The first-order valence-electron chi connectivity index (χ1n) is 5.31. The minimum Gasteiger partial charge on any atom is -0.497 e. The van der Waals surface area contributed by atoms with Gasteiger partial charge in [0.25, 0.3) is 0 Å². The Bertz CT molecular complexity index is 599. The molecule has 0 atom stereocenters. The van der Waals surface area contributed by atoms with Gasteiger partial charge >= 0.3 is 0 Å². The molecule has 0 unspecified atom stereocenters. The van der Waals surface area contributed by atoms with Crippen molar-refractivity contribution in [2.24, 2.45) is 5.18 Å². The van der Waals surface area contributed by atoms with Gasteiger partial charge in [0.15, 0.2) is 17.3 Å². The van der Waals surface area contributed by atoms with Gasteiger partial charge in [-0.15, -0.1) is 4.91 Å². The second-order valence-electron chi connectivity index (χ2n) is 3.61. The zero-order valence-corrected chi connectivity index (χ0v) is 10.1. The molecule has 0 aliphatic rings. The van der Waals surface area contributed by atoms with Crippen LogP contribution in [0.4, 0.5) is 29.0 Å². The van der Waals surface area contributed by atoms with Crippen molar-refractivity contribution in [1.29, 1.82) is 0 Å². The maximum Gasteiger partial charge on any atom is 0.224 e. The van der Waals surface area contributed by atoms with E-state index < -0.39 is 0 Å². The Labute approximate surface area is 108 Å². The van der Waals surface area contributed by atoms with Gasteiger partial charge in [-0.1, -0.05) is 0 Å². The van der Waals surface area contributed by atoms with Gasteiger partial charge in [0.05, 0.1) is 7.11 Å². The molecule has 2 rings (SSSR count). The number of hydrogen-bond donors (Lipinski definition) is 3. The fourth-order valence-corrected chi connectivity index (χ4v) is 1.48. The van der Waals surface area contributed by atoms with Crippen LogP contribution in [0.2, 0.25) is 0 Å². The maximum atomic E-state index is 10.7. The zero-order chi connectivity index (χ0) is 13.8. The van der Waals surface area contributed by atoms with Crippen molar-refractivity contribution in [3.05, 3.63) is 29.2 Å². The van der Waals surface area contributed by atoms with Crippen molar-refractivity contribution in [2.45, 2.75) is 0 Å². The fourth-order valence-electron chi connectivity index (χ4n) is 1.48. The lowest BCUT2D eigenvalue weighted by atomic mass is 10.3. The lowest BCUT2D eigenvalue weighted by Crippen LogP contribution is -2.04. The summed E-state index contributed by atoms with van der Waals surface area (Å²) in [5, 5.41) is 5.69. The summed E-state index contributed by atoms with van der Waals surface area (Å²) in [7, 11) is 1.57. The van der Waals surface area contributed by atoms with E-state index in [1.54, 1.807) is 31.4 Å². The number of methoxy groups -OCH3 is 1. The Morgan fingerprint density at radius 1 is 1.21 bits per heavy atom. The number of aromatic nitrogens is 2. The highest BCUT2D eigenvalue weighted by Gasteiger charge is 2.12. The van der Waals surface area contributed by atoms with E-state index in [0.29, 0.717) is 11.4 Å². The smallest absolute Gasteiger partial charge is 0.224 e. The first kappa shape index (κ1) is 12.6. The van der Waals surface area contributed by atoms with Gasteiger partial charge in [0.2, 0.25) is 5.95 Å². The number of nitroso groups, excluding NO2 is 1. The van der Waals surface area contributed by atoms with Crippen LogP contribution in [0.25, 0.3) is 0 Å². The number of nitrogens with two attached hydrogens (primary N) is 2. The Morgan fingerprint density at radius 3 is 2.47 bits per heavy atom. The summed E-state index contributed by atoms with van der Waals surface area (Å²) in [4.78, 5) is 18.3. The molecule has 1 aromatic heterocycles. The highest BCUT2D eigenvalue weighted by atomic mass is 16.5. The number of nitrogen functional groups attached to an aromatic ring is 2. The van der Waals surface area contributed by atoms with Crippen LogP contribution >= 0.6 is 0 Å². The monoisotopic (exact) mass is 260 g/mol. The van der Waals surface area contributed by atoms with Gasteiger partial charge in [-0.2, -0.15) is 9.97 Å². The maximum absolute atomic E-state index is 10.7. The first-order chi connectivity index (χ1) is 9.13. The molecular formula is C11H12N6O2. The average molecular weight is 260 g/mol. The van der Waals surface area contributed by atoms with Gasteiger partial charge < -0.3 is 21.5 Å². The molecule has 0 saturated heterocycles. The molecular weight excluding hydrogens is 248 g/mol. The quantitative estimate of drug-likeness (QED) is 0.714. The summed E-state index contributed by atoms with van der Waals surface area (Å²) in [5.74, 6) is 0.755. The lowest BCUT2D eigenvalue weighted by molar-refractivity contribution is 0.415. The van der Waals surface area contributed by atoms with E-state index in [2.05, 4.69) is 20.5 Å². The molecule has 0 fully saturated rings. The lowest BCUT2D eigenvalue weighted by Gasteiger charge is -2.09. The predicted molar refractivity (Wildman–Crippen MR) is 72.6 cm³/mol. The molecule has 5 N–H and O–H groups in total. The number of hydrogen-bond acceptors (Lipinski definition) is 8. The van der Waals surface area contributed by atoms with Crippen LogP contribution in [-0.4, -0.2) is 17.1 Å². The van der Waals surface area contributed by atoms with E-state index in [-0.39, 0.29) is 23.3 Å². The third kappa shape index (κ3) is 2.68. The SMILES string of the molecule is COc1ccc(Nc2nc(N)nc(N)c2N=O)cc1. The average Bonchev–Trinajstić information content (AvgIpc) is 2.39. The highest BCUT2D eigenvalue weighted by Crippen LogP contribution is 2.31. The van der Waals surface area contributed by atoms with Crippen LogP contribution in [-0.2, 0) is 0 Å². The number of anilines is 4. The standard InChI is InChI=1S/C11H12N6O2/c1-19-7-4-2-6(3-5-7)14-10-8(17-18)9(12)15-11(13)16-10/h2-5H,1H3,(H5,12,13,14,15,16).